The molecule has 0 saturated carbocycles. The van der Waals surface area contributed by atoms with Gasteiger partial charge in [-0.2, -0.15) is 0 Å². The van der Waals surface area contributed by atoms with Gasteiger partial charge in [-0.25, -0.2) is 4.79 Å². The van der Waals surface area contributed by atoms with Gasteiger partial charge in [-0.1, -0.05) is 28.1 Å². The lowest BCUT2D eigenvalue weighted by Gasteiger charge is -2.09. The molecule has 0 radical (unpaired) electrons. The Bertz CT molecular complexity index is 791. The Morgan fingerprint density at radius 1 is 1.04 bits per heavy atom. The SMILES string of the molecule is O=C(COC(=O)COc1ccc2c(c1)CCC2)Nc1cccc(Br)c1. The number of benzene rings is 2. The van der Waals surface area contributed by atoms with Gasteiger partial charge in [-0.05, 0) is 60.7 Å². The maximum absolute atomic E-state index is 11.8. The van der Waals surface area contributed by atoms with Crippen molar-refractivity contribution in [3.63, 3.8) is 0 Å². The molecule has 0 aliphatic heterocycles. The van der Waals surface area contributed by atoms with E-state index in [-0.39, 0.29) is 13.2 Å². The van der Waals surface area contributed by atoms with E-state index in [1.807, 2.05) is 24.3 Å². The van der Waals surface area contributed by atoms with Crippen LogP contribution in [0.4, 0.5) is 5.69 Å². The van der Waals surface area contributed by atoms with E-state index < -0.39 is 11.9 Å². The molecular formula is C19H18BrNO4. The van der Waals surface area contributed by atoms with Crippen molar-refractivity contribution in [2.24, 2.45) is 0 Å². The second-order valence-corrected chi connectivity index (χ2v) is 6.71. The molecule has 5 nitrogen and oxygen atoms in total. The Morgan fingerprint density at radius 2 is 1.88 bits per heavy atom. The monoisotopic (exact) mass is 403 g/mol. The summed E-state index contributed by atoms with van der Waals surface area (Å²) in [5.74, 6) is -0.329. The average Bonchev–Trinajstić information content (AvgIpc) is 3.06. The standard InChI is InChI=1S/C19H18BrNO4/c20-15-5-2-6-16(10-15)21-18(22)11-25-19(23)12-24-17-8-7-13-3-1-4-14(13)9-17/h2,5-10H,1,3-4,11-12H2,(H,21,22). The van der Waals surface area contributed by atoms with Gasteiger partial charge in [0, 0.05) is 10.2 Å². The first-order chi connectivity index (χ1) is 12.1. The first-order valence-electron chi connectivity index (χ1n) is 8.06. The average molecular weight is 404 g/mol. The zero-order chi connectivity index (χ0) is 17.6. The van der Waals surface area contributed by atoms with Crippen molar-refractivity contribution in [2.45, 2.75) is 19.3 Å². The van der Waals surface area contributed by atoms with Gasteiger partial charge in [-0.15, -0.1) is 0 Å². The summed E-state index contributed by atoms with van der Waals surface area (Å²) < 4.78 is 11.2. The Kier molecular flexibility index (Phi) is 5.71. The van der Waals surface area contributed by atoms with Crippen molar-refractivity contribution in [1.82, 2.24) is 0 Å². The lowest BCUT2D eigenvalue weighted by atomic mass is 10.1. The van der Waals surface area contributed by atoms with Crippen LogP contribution in [0.2, 0.25) is 0 Å². The van der Waals surface area contributed by atoms with Crippen LogP contribution in [0.5, 0.6) is 5.75 Å². The molecule has 2 aromatic rings. The molecule has 0 saturated heterocycles. The van der Waals surface area contributed by atoms with Gasteiger partial charge >= 0.3 is 5.97 Å². The number of hydrogen-bond donors (Lipinski definition) is 1. The third-order valence-corrected chi connectivity index (χ3v) is 4.39. The fraction of sp³-hybridized carbons (Fsp3) is 0.263. The summed E-state index contributed by atoms with van der Waals surface area (Å²) in [4.78, 5) is 23.5. The molecule has 0 fully saturated rings. The number of hydrogen-bond acceptors (Lipinski definition) is 4. The first-order valence-corrected chi connectivity index (χ1v) is 8.85. The Hall–Kier alpha value is -2.34. The minimum atomic E-state index is -0.579. The normalized spacial score (nSPS) is 12.4. The lowest BCUT2D eigenvalue weighted by molar-refractivity contribution is -0.149. The third kappa shape index (κ3) is 5.06. The van der Waals surface area contributed by atoms with E-state index in [0.717, 1.165) is 23.7 Å². The van der Waals surface area contributed by atoms with Gasteiger partial charge in [0.1, 0.15) is 5.75 Å². The smallest absolute Gasteiger partial charge is 0.344 e. The Morgan fingerprint density at radius 3 is 2.72 bits per heavy atom. The van der Waals surface area contributed by atoms with E-state index in [2.05, 4.69) is 21.2 Å². The molecule has 1 N–H and O–H groups in total. The minimum absolute atomic E-state index is 0.219. The third-order valence-electron chi connectivity index (χ3n) is 3.90. The van der Waals surface area contributed by atoms with Crippen LogP contribution < -0.4 is 10.1 Å². The highest BCUT2D eigenvalue weighted by Gasteiger charge is 2.13. The van der Waals surface area contributed by atoms with Crippen LogP contribution in [0.3, 0.4) is 0 Å². The van der Waals surface area contributed by atoms with Crippen molar-refractivity contribution < 1.29 is 19.1 Å². The second-order valence-electron chi connectivity index (χ2n) is 5.79. The highest BCUT2D eigenvalue weighted by molar-refractivity contribution is 9.10. The van der Waals surface area contributed by atoms with Gasteiger partial charge < -0.3 is 14.8 Å². The van der Waals surface area contributed by atoms with Crippen LogP contribution >= 0.6 is 15.9 Å². The summed E-state index contributed by atoms with van der Waals surface area (Å²) in [5, 5.41) is 2.65. The number of ether oxygens (including phenoxy) is 2. The number of anilines is 1. The number of rotatable bonds is 6. The molecule has 6 heteroatoms. The topological polar surface area (TPSA) is 64.6 Å². The van der Waals surface area contributed by atoms with Crippen molar-refractivity contribution in [2.75, 3.05) is 18.5 Å². The zero-order valence-corrected chi connectivity index (χ0v) is 15.2. The number of carbonyl (C=O) groups is 2. The van der Waals surface area contributed by atoms with E-state index in [1.165, 1.54) is 11.1 Å². The number of amides is 1. The van der Waals surface area contributed by atoms with Crippen LogP contribution in [0.15, 0.2) is 46.9 Å². The molecule has 0 spiro atoms. The predicted octanol–water partition coefficient (Wildman–Crippen LogP) is 3.50. The molecule has 3 rings (SSSR count). The minimum Gasteiger partial charge on any atom is -0.482 e. The summed E-state index contributed by atoms with van der Waals surface area (Å²) in [5.41, 5.74) is 3.25. The van der Waals surface area contributed by atoms with E-state index in [4.69, 9.17) is 9.47 Å². The molecule has 0 heterocycles. The van der Waals surface area contributed by atoms with Gasteiger partial charge in [0.05, 0.1) is 0 Å². The van der Waals surface area contributed by atoms with Crippen LogP contribution in [-0.4, -0.2) is 25.1 Å². The van der Waals surface area contributed by atoms with Gasteiger partial charge in [-0.3, -0.25) is 4.79 Å². The maximum Gasteiger partial charge on any atom is 0.344 e. The van der Waals surface area contributed by atoms with Crippen molar-refractivity contribution in [1.29, 1.82) is 0 Å². The van der Waals surface area contributed by atoms with Gasteiger partial charge in [0.15, 0.2) is 13.2 Å². The zero-order valence-electron chi connectivity index (χ0n) is 13.6. The van der Waals surface area contributed by atoms with Crippen molar-refractivity contribution in [3.05, 3.63) is 58.1 Å². The molecular weight excluding hydrogens is 386 g/mol. The molecule has 0 atom stereocenters. The van der Waals surface area contributed by atoms with Crippen LogP contribution in [0, 0.1) is 0 Å². The van der Waals surface area contributed by atoms with E-state index in [1.54, 1.807) is 18.2 Å². The van der Waals surface area contributed by atoms with Crippen LogP contribution in [-0.2, 0) is 27.2 Å². The maximum atomic E-state index is 11.8. The number of halogens is 1. The molecule has 1 aliphatic carbocycles. The summed E-state index contributed by atoms with van der Waals surface area (Å²) in [6.07, 6.45) is 3.31. The molecule has 0 bridgehead atoms. The molecule has 1 aliphatic rings. The van der Waals surface area contributed by atoms with Gasteiger partial charge in [0.25, 0.3) is 5.91 Å². The lowest BCUT2D eigenvalue weighted by Crippen LogP contribution is -2.23. The molecule has 0 unspecified atom stereocenters. The first kappa shape index (κ1) is 17.5. The molecule has 1 amide bonds. The number of aryl methyl sites for hydroxylation is 2. The number of nitrogens with one attached hydrogen (secondary N) is 1. The molecule has 2 aromatic carbocycles. The summed E-state index contributed by atoms with van der Waals surface area (Å²) in [7, 11) is 0. The van der Waals surface area contributed by atoms with Gasteiger partial charge in [0.2, 0.25) is 0 Å². The quantitative estimate of drug-likeness (QED) is 0.749. The highest BCUT2D eigenvalue weighted by Crippen LogP contribution is 2.26. The fourth-order valence-electron chi connectivity index (χ4n) is 2.73. The molecule has 130 valence electrons. The van der Waals surface area contributed by atoms with Crippen LogP contribution in [0.1, 0.15) is 17.5 Å². The molecule has 0 aromatic heterocycles. The number of carbonyl (C=O) groups excluding carboxylic acids is 2. The Labute approximate surface area is 154 Å². The largest absolute Gasteiger partial charge is 0.482 e. The van der Waals surface area contributed by atoms with Crippen molar-refractivity contribution >= 4 is 33.5 Å². The van der Waals surface area contributed by atoms with E-state index >= 15 is 0 Å². The number of fused-ring (bicyclic) bond motifs is 1. The van der Waals surface area contributed by atoms with Crippen molar-refractivity contribution in [3.8, 4) is 5.75 Å². The van der Waals surface area contributed by atoms with Crippen LogP contribution in [0.25, 0.3) is 0 Å². The van der Waals surface area contributed by atoms with E-state index in [9.17, 15) is 9.59 Å². The summed E-state index contributed by atoms with van der Waals surface area (Å²) in [6, 6.07) is 13.0. The molecule has 25 heavy (non-hydrogen) atoms. The fourth-order valence-corrected chi connectivity index (χ4v) is 3.13. The Balaban J connectivity index is 1.41. The second kappa shape index (κ2) is 8.16. The van der Waals surface area contributed by atoms with E-state index in [0.29, 0.717) is 11.4 Å². The summed E-state index contributed by atoms with van der Waals surface area (Å²) in [6.45, 7) is -0.568. The number of esters is 1. The summed E-state index contributed by atoms with van der Waals surface area (Å²) >= 11 is 3.32. The predicted molar refractivity (Wildman–Crippen MR) is 97.7 cm³/mol. The highest BCUT2D eigenvalue weighted by atomic mass is 79.9.